The van der Waals surface area contributed by atoms with E-state index in [0.29, 0.717) is 12.6 Å². The summed E-state index contributed by atoms with van der Waals surface area (Å²) in [5, 5.41) is 15.0. The Bertz CT molecular complexity index is 167. The molecule has 0 aromatic rings. The normalized spacial score (nSPS) is 28.7. The van der Waals surface area contributed by atoms with Crippen molar-refractivity contribution in [1.29, 1.82) is 0 Å². The number of nitrogens with one attached hydrogen (secondary N) is 2. The molecule has 5 N–H and O–H groups in total. The fourth-order valence-electron chi connectivity index (χ4n) is 1.52. The zero-order chi connectivity index (χ0) is 9.68. The van der Waals surface area contributed by atoms with E-state index in [9.17, 15) is 4.79 Å². The van der Waals surface area contributed by atoms with Gasteiger partial charge >= 0.3 is 5.97 Å². The van der Waals surface area contributed by atoms with E-state index in [1.165, 1.54) is 0 Å². The molecule has 1 fully saturated rings. The van der Waals surface area contributed by atoms with Crippen LogP contribution in [0.3, 0.4) is 0 Å². The van der Waals surface area contributed by atoms with E-state index in [4.69, 9.17) is 10.8 Å². The second-order valence-corrected chi connectivity index (χ2v) is 3.39. The van der Waals surface area contributed by atoms with Crippen molar-refractivity contribution in [3.05, 3.63) is 0 Å². The lowest BCUT2D eigenvalue weighted by Crippen LogP contribution is -2.55. The minimum Gasteiger partial charge on any atom is -0.481 e. The van der Waals surface area contributed by atoms with Crippen molar-refractivity contribution in [1.82, 2.24) is 10.6 Å². The smallest absolute Gasteiger partial charge is 0.304 e. The second kappa shape index (κ2) is 5.16. The van der Waals surface area contributed by atoms with Crippen LogP contribution in [0.15, 0.2) is 0 Å². The number of hydrogen-bond acceptors (Lipinski definition) is 4. The molecule has 0 bridgehead atoms. The summed E-state index contributed by atoms with van der Waals surface area (Å²) < 4.78 is 0. The lowest BCUT2D eigenvalue weighted by Gasteiger charge is -2.30. The highest BCUT2D eigenvalue weighted by molar-refractivity contribution is 5.67. The third-order valence-electron chi connectivity index (χ3n) is 2.24. The number of nitrogens with two attached hydrogens (primary N) is 1. The number of carboxylic acids is 1. The van der Waals surface area contributed by atoms with Crippen LogP contribution >= 0.6 is 0 Å². The molecule has 0 amide bonds. The number of piperazine rings is 1. The summed E-state index contributed by atoms with van der Waals surface area (Å²) in [5.41, 5.74) is 5.41. The molecule has 1 saturated heterocycles. The number of carboxylic acid groups (broad SMARTS) is 1. The highest BCUT2D eigenvalue weighted by Crippen LogP contribution is 2.00. The van der Waals surface area contributed by atoms with E-state index < -0.39 is 5.97 Å². The Hall–Kier alpha value is -0.650. The van der Waals surface area contributed by atoms with Crippen molar-refractivity contribution < 1.29 is 9.90 Å². The monoisotopic (exact) mass is 187 g/mol. The zero-order valence-electron chi connectivity index (χ0n) is 7.62. The lowest BCUT2D eigenvalue weighted by molar-refractivity contribution is -0.137. The predicted molar refractivity (Wildman–Crippen MR) is 49.5 cm³/mol. The van der Waals surface area contributed by atoms with Crippen LogP contribution in [-0.4, -0.2) is 42.8 Å². The largest absolute Gasteiger partial charge is 0.481 e. The molecule has 1 heterocycles. The van der Waals surface area contributed by atoms with Crippen molar-refractivity contribution in [2.75, 3.05) is 19.6 Å². The molecule has 0 spiro atoms. The van der Waals surface area contributed by atoms with Crippen LogP contribution in [0.1, 0.15) is 12.8 Å². The van der Waals surface area contributed by atoms with Crippen molar-refractivity contribution in [3.8, 4) is 0 Å². The molecule has 5 nitrogen and oxygen atoms in total. The summed E-state index contributed by atoms with van der Waals surface area (Å²) in [6.07, 6.45) is 1.12. The summed E-state index contributed by atoms with van der Waals surface area (Å²) >= 11 is 0. The predicted octanol–water partition coefficient (Wildman–Crippen LogP) is -1.26. The van der Waals surface area contributed by atoms with Crippen LogP contribution in [0, 0.1) is 0 Å². The molecule has 0 aromatic carbocycles. The molecule has 1 aliphatic heterocycles. The van der Waals surface area contributed by atoms with Crippen molar-refractivity contribution in [2.45, 2.75) is 24.9 Å². The van der Waals surface area contributed by atoms with Gasteiger partial charge in [-0.2, -0.15) is 0 Å². The maximum absolute atomic E-state index is 10.4. The van der Waals surface area contributed by atoms with Gasteiger partial charge in [0.1, 0.15) is 0 Å². The van der Waals surface area contributed by atoms with Gasteiger partial charge in [0.15, 0.2) is 0 Å². The van der Waals surface area contributed by atoms with Crippen molar-refractivity contribution >= 4 is 5.97 Å². The van der Waals surface area contributed by atoms with Gasteiger partial charge in [0.25, 0.3) is 0 Å². The lowest BCUT2D eigenvalue weighted by atomic mass is 10.1. The fourth-order valence-corrected chi connectivity index (χ4v) is 1.52. The molecule has 2 atom stereocenters. The maximum Gasteiger partial charge on any atom is 0.304 e. The van der Waals surface area contributed by atoms with Gasteiger partial charge in [-0.05, 0) is 13.0 Å². The Morgan fingerprint density at radius 1 is 1.38 bits per heavy atom. The Morgan fingerprint density at radius 2 is 2.00 bits per heavy atom. The van der Waals surface area contributed by atoms with Crippen molar-refractivity contribution in [3.63, 3.8) is 0 Å². The molecule has 0 aliphatic carbocycles. The molecule has 0 saturated carbocycles. The average Bonchev–Trinajstić information content (AvgIpc) is 2.08. The first-order chi connectivity index (χ1) is 6.22. The van der Waals surface area contributed by atoms with Crippen LogP contribution in [0.4, 0.5) is 0 Å². The first-order valence-corrected chi connectivity index (χ1v) is 4.61. The zero-order valence-corrected chi connectivity index (χ0v) is 7.62. The number of hydrogen-bond donors (Lipinski definition) is 4. The highest BCUT2D eigenvalue weighted by Gasteiger charge is 2.20. The van der Waals surface area contributed by atoms with Gasteiger partial charge in [-0.25, -0.2) is 0 Å². The van der Waals surface area contributed by atoms with Gasteiger partial charge in [-0.3, -0.25) is 4.79 Å². The third kappa shape index (κ3) is 3.71. The van der Waals surface area contributed by atoms with Crippen LogP contribution in [-0.2, 0) is 4.79 Å². The quantitative estimate of drug-likeness (QED) is 0.441. The molecule has 0 radical (unpaired) electrons. The molecule has 13 heavy (non-hydrogen) atoms. The van der Waals surface area contributed by atoms with E-state index in [2.05, 4.69) is 10.6 Å². The molecule has 1 rings (SSSR count). The highest BCUT2D eigenvalue weighted by atomic mass is 16.4. The standard InChI is InChI=1S/C8H17N3O2/c9-2-1-6-4-11-7(5-10-6)3-8(12)13/h6-7,10-11H,1-5,9H2,(H,12,13)/t6-,7-/m1/s1. The molecule has 1 aliphatic rings. The van der Waals surface area contributed by atoms with E-state index in [0.717, 1.165) is 19.5 Å². The SMILES string of the molecule is NCC[C@@H]1CN[C@H](CC(=O)O)CN1. The molecule has 0 aromatic heterocycles. The second-order valence-electron chi connectivity index (χ2n) is 3.39. The van der Waals surface area contributed by atoms with E-state index >= 15 is 0 Å². The summed E-state index contributed by atoms with van der Waals surface area (Å²) in [6.45, 7) is 2.20. The molecular formula is C8H17N3O2. The van der Waals surface area contributed by atoms with Crippen LogP contribution in [0.5, 0.6) is 0 Å². The van der Waals surface area contributed by atoms with Gasteiger partial charge in [0.05, 0.1) is 6.42 Å². The Labute approximate surface area is 77.7 Å². The summed E-state index contributed by atoms with van der Waals surface area (Å²) in [7, 11) is 0. The summed E-state index contributed by atoms with van der Waals surface area (Å²) in [5.74, 6) is -0.753. The number of rotatable bonds is 4. The molecule has 5 heteroatoms. The van der Waals surface area contributed by atoms with Gasteiger partial charge in [0, 0.05) is 25.2 Å². The van der Waals surface area contributed by atoms with Gasteiger partial charge in [0.2, 0.25) is 0 Å². The van der Waals surface area contributed by atoms with Gasteiger partial charge in [-0.1, -0.05) is 0 Å². The number of aliphatic carboxylic acids is 1. The topological polar surface area (TPSA) is 87.4 Å². The number of carbonyl (C=O) groups is 1. The molecule has 76 valence electrons. The minimum atomic E-state index is -0.753. The first kappa shape index (κ1) is 10.4. The minimum absolute atomic E-state index is 0.0616. The van der Waals surface area contributed by atoms with Crippen LogP contribution in [0.2, 0.25) is 0 Å². The van der Waals surface area contributed by atoms with Gasteiger partial charge in [-0.15, -0.1) is 0 Å². The fraction of sp³-hybridized carbons (Fsp3) is 0.875. The van der Waals surface area contributed by atoms with E-state index in [1.807, 2.05) is 0 Å². The average molecular weight is 187 g/mol. The van der Waals surface area contributed by atoms with Crippen LogP contribution < -0.4 is 16.4 Å². The van der Waals surface area contributed by atoms with E-state index in [1.54, 1.807) is 0 Å². The first-order valence-electron chi connectivity index (χ1n) is 4.61. The summed E-state index contributed by atoms with van der Waals surface area (Å²) in [6, 6.07) is 0.460. The van der Waals surface area contributed by atoms with E-state index in [-0.39, 0.29) is 12.5 Å². The third-order valence-corrected chi connectivity index (χ3v) is 2.24. The Morgan fingerprint density at radius 3 is 2.46 bits per heavy atom. The Balaban J connectivity index is 2.18. The maximum atomic E-state index is 10.4. The van der Waals surface area contributed by atoms with Gasteiger partial charge < -0.3 is 21.5 Å². The summed E-state index contributed by atoms with van der Waals surface area (Å²) in [4.78, 5) is 10.4. The molecular weight excluding hydrogens is 170 g/mol. The molecule has 0 unspecified atom stereocenters. The van der Waals surface area contributed by atoms with Crippen LogP contribution in [0.25, 0.3) is 0 Å². The Kier molecular flexibility index (Phi) is 4.14. The van der Waals surface area contributed by atoms with Crippen molar-refractivity contribution in [2.24, 2.45) is 5.73 Å².